The molecule has 0 heterocycles. The van der Waals surface area contributed by atoms with Crippen LogP contribution in [0.2, 0.25) is 0 Å². The number of hydrogen-bond donors (Lipinski definition) is 2. The summed E-state index contributed by atoms with van der Waals surface area (Å²) in [6.07, 6.45) is 9.86. The lowest BCUT2D eigenvalue weighted by Crippen LogP contribution is -2.51. The Morgan fingerprint density at radius 2 is 1.66 bits per heavy atom. The molecule has 0 aliphatic heterocycles. The van der Waals surface area contributed by atoms with Crippen LogP contribution in [-0.2, 0) is 10.2 Å². The zero-order valence-electron chi connectivity index (χ0n) is 23.7. The smallest absolute Gasteiger partial charge is 0.304 e. The molecule has 0 bridgehead atoms. The van der Waals surface area contributed by atoms with E-state index < -0.39 is 28.6 Å². The second-order valence-electron chi connectivity index (χ2n) is 10.8. The van der Waals surface area contributed by atoms with Crippen LogP contribution in [0, 0.1) is 19.3 Å². The van der Waals surface area contributed by atoms with Crippen LogP contribution in [0.4, 0.5) is 4.39 Å². The number of carboxylic acid groups (broad SMARTS) is 1. The Hall–Kier alpha value is -2.98. The molecule has 2 aromatic carbocycles. The van der Waals surface area contributed by atoms with E-state index in [-0.39, 0.29) is 6.42 Å². The molecular weight excluding hydrogens is 475 g/mol. The van der Waals surface area contributed by atoms with Gasteiger partial charge in [0.1, 0.15) is 6.17 Å². The molecule has 1 aliphatic rings. The van der Waals surface area contributed by atoms with E-state index in [1.165, 1.54) is 0 Å². The van der Waals surface area contributed by atoms with Crippen molar-refractivity contribution in [3.63, 3.8) is 0 Å². The number of rotatable bonds is 11. The zero-order valence-corrected chi connectivity index (χ0v) is 23.7. The van der Waals surface area contributed by atoms with E-state index in [0.29, 0.717) is 25.7 Å². The van der Waals surface area contributed by atoms with Gasteiger partial charge in [0.05, 0.1) is 12.0 Å². The van der Waals surface area contributed by atoms with Crippen LogP contribution in [0.3, 0.4) is 0 Å². The predicted octanol–water partition coefficient (Wildman–Crippen LogP) is 8.38. The van der Waals surface area contributed by atoms with Crippen LogP contribution in [0.15, 0.2) is 66.8 Å². The largest absolute Gasteiger partial charge is 0.481 e. The number of carboxylic acids is 1. The van der Waals surface area contributed by atoms with E-state index >= 15 is 4.39 Å². The molecular formula is C34H43FO3. The lowest BCUT2D eigenvalue weighted by molar-refractivity contribution is -0.141. The maximum atomic E-state index is 16.6. The summed E-state index contributed by atoms with van der Waals surface area (Å²) in [7, 11) is 0. The van der Waals surface area contributed by atoms with E-state index in [4.69, 9.17) is 0 Å². The number of carbonyl (C=O) groups is 1. The Morgan fingerprint density at radius 1 is 1.00 bits per heavy atom. The van der Waals surface area contributed by atoms with Gasteiger partial charge in [-0.25, -0.2) is 4.39 Å². The van der Waals surface area contributed by atoms with Crippen molar-refractivity contribution in [3.8, 4) is 0 Å². The topological polar surface area (TPSA) is 57.5 Å². The summed E-state index contributed by atoms with van der Waals surface area (Å²) in [5.41, 5.74) is 2.93. The Morgan fingerprint density at radius 3 is 2.18 bits per heavy atom. The second-order valence-corrected chi connectivity index (χ2v) is 10.8. The molecule has 0 amide bonds. The summed E-state index contributed by atoms with van der Waals surface area (Å²) in [6.45, 7) is 12.0. The van der Waals surface area contributed by atoms with Crippen molar-refractivity contribution in [2.45, 2.75) is 90.8 Å². The molecule has 0 radical (unpaired) electrons. The van der Waals surface area contributed by atoms with Crippen molar-refractivity contribution >= 4 is 17.6 Å². The lowest BCUT2D eigenvalue weighted by atomic mass is 9.52. The van der Waals surface area contributed by atoms with Gasteiger partial charge in [-0.3, -0.25) is 4.79 Å². The molecule has 1 aliphatic carbocycles. The number of aryl methyl sites for hydroxylation is 2. The molecule has 0 spiro atoms. The molecule has 2 aromatic rings. The van der Waals surface area contributed by atoms with E-state index in [9.17, 15) is 15.0 Å². The van der Waals surface area contributed by atoms with Gasteiger partial charge < -0.3 is 10.2 Å². The Kier molecular flexibility index (Phi) is 9.20. The fraction of sp³-hybridized carbons (Fsp3) is 0.441. The lowest BCUT2D eigenvalue weighted by Gasteiger charge is -2.51. The molecule has 0 saturated carbocycles. The van der Waals surface area contributed by atoms with Gasteiger partial charge in [-0.15, -0.1) is 0 Å². The SMILES string of the molecule is CCC(O)(/C=C/c1ccc(C(CC)(CC)C2(CC(=O)O)C=CC(c3ccccc3C)=CC2F)cc1C)CC. The first-order valence-electron chi connectivity index (χ1n) is 13.9. The molecule has 0 fully saturated rings. The number of aliphatic hydroxyl groups is 1. The third-order valence-corrected chi connectivity index (χ3v) is 9.00. The molecule has 204 valence electrons. The fourth-order valence-electron chi connectivity index (χ4n) is 6.24. The number of alkyl halides is 1. The van der Waals surface area contributed by atoms with E-state index in [1.807, 2.05) is 102 Å². The van der Waals surface area contributed by atoms with Gasteiger partial charge in [0.2, 0.25) is 0 Å². The molecule has 3 nitrogen and oxygen atoms in total. The first kappa shape index (κ1) is 29.6. The highest BCUT2D eigenvalue weighted by Gasteiger charge is 2.55. The van der Waals surface area contributed by atoms with Gasteiger partial charge >= 0.3 is 5.97 Å². The third-order valence-electron chi connectivity index (χ3n) is 9.00. The van der Waals surface area contributed by atoms with Crippen molar-refractivity contribution in [3.05, 3.63) is 94.6 Å². The molecule has 2 unspecified atom stereocenters. The van der Waals surface area contributed by atoms with E-state index in [1.54, 1.807) is 6.08 Å². The summed E-state index contributed by atoms with van der Waals surface area (Å²) in [4.78, 5) is 12.2. The average molecular weight is 519 g/mol. The normalized spacial score (nSPS) is 20.1. The van der Waals surface area contributed by atoms with Crippen LogP contribution < -0.4 is 0 Å². The first-order valence-corrected chi connectivity index (χ1v) is 13.9. The van der Waals surface area contributed by atoms with Crippen LogP contribution in [0.1, 0.15) is 87.6 Å². The van der Waals surface area contributed by atoms with Crippen LogP contribution in [-0.4, -0.2) is 28.0 Å². The molecule has 0 saturated heterocycles. The average Bonchev–Trinajstić information content (AvgIpc) is 2.90. The minimum absolute atomic E-state index is 0.301. The van der Waals surface area contributed by atoms with Crippen molar-refractivity contribution in [1.82, 2.24) is 0 Å². The predicted molar refractivity (Wildman–Crippen MR) is 156 cm³/mol. The zero-order chi connectivity index (χ0) is 28.1. The van der Waals surface area contributed by atoms with Gasteiger partial charge in [-0.2, -0.15) is 0 Å². The number of allylic oxidation sites excluding steroid dienone is 4. The first-order chi connectivity index (χ1) is 18.0. The molecule has 0 aromatic heterocycles. The Balaban J connectivity index is 2.13. The summed E-state index contributed by atoms with van der Waals surface area (Å²) in [5.74, 6) is -1.01. The number of hydrogen-bond acceptors (Lipinski definition) is 2. The van der Waals surface area contributed by atoms with Gasteiger partial charge in [0.15, 0.2) is 0 Å². The summed E-state index contributed by atoms with van der Waals surface area (Å²) < 4.78 is 16.6. The standard InChI is InChI=1S/C34H43FO3/c1-7-32(38,8-2)19-17-26-15-16-28(21-25(26)6)33(9-3,10-4)34(23-31(36)37)20-18-27(22-30(34)35)29-14-12-11-13-24(29)5/h11-22,30,38H,7-10,23H2,1-6H3,(H,36,37)/b19-17+. The van der Waals surface area contributed by atoms with Crippen molar-refractivity contribution in [1.29, 1.82) is 0 Å². The number of benzene rings is 2. The molecule has 4 heteroatoms. The highest BCUT2D eigenvalue weighted by atomic mass is 19.1. The van der Waals surface area contributed by atoms with E-state index in [0.717, 1.165) is 33.4 Å². The minimum atomic E-state index is -1.47. The highest BCUT2D eigenvalue weighted by Crippen LogP contribution is 2.56. The van der Waals surface area contributed by atoms with Gasteiger partial charge in [0, 0.05) is 10.8 Å². The fourth-order valence-corrected chi connectivity index (χ4v) is 6.24. The summed E-state index contributed by atoms with van der Waals surface area (Å²) >= 11 is 0. The molecule has 38 heavy (non-hydrogen) atoms. The summed E-state index contributed by atoms with van der Waals surface area (Å²) in [5, 5.41) is 20.7. The Labute approximate surface area is 227 Å². The quantitative estimate of drug-likeness (QED) is 0.314. The highest BCUT2D eigenvalue weighted by molar-refractivity contribution is 5.79. The maximum Gasteiger partial charge on any atom is 0.304 e. The van der Waals surface area contributed by atoms with Crippen molar-refractivity contribution < 1.29 is 19.4 Å². The van der Waals surface area contributed by atoms with Crippen LogP contribution >= 0.6 is 0 Å². The Bertz CT molecular complexity index is 1230. The number of aliphatic carboxylic acids is 1. The number of halogens is 1. The van der Waals surface area contributed by atoms with Gasteiger partial charge in [0.25, 0.3) is 0 Å². The van der Waals surface area contributed by atoms with Crippen molar-refractivity contribution in [2.24, 2.45) is 5.41 Å². The van der Waals surface area contributed by atoms with Crippen molar-refractivity contribution in [2.75, 3.05) is 0 Å². The van der Waals surface area contributed by atoms with Crippen LogP contribution in [0.25, 0.3) is 11.6 Å². The third kappa shape index (κ3) is 5.42. The van der Waals surface area contributed by atoms with Crippen LogP contribution in [0.5, 0.6) is 0 Å². The monoisotopic (exact) mass is 518 g/mol. The van der Waals surface area contributed by atoms with E-state index in [2.05, 4.69) is 6.07 Å². The van der Waals surface area contributed by atoms with Gasteiger partial charge in [-0.1, -0.05) is 94.5 Å². The second kappa shape index (κ2) is 11.8. The molecule has 2 atom stereocenters. The molecule has 3 rings (SSSR count). The summed E-state index contributed by atoms with van der Waals surface area (Å²) in [6, 6.07) is 14.0. The van der Waals surface area contributed by atoms with Gasteiger partial charge in [-0.05, 0) is 79.0 Å². The molecule has 2 N–H and O–H groups in total. The maximum absolute atomic E-state index is 16.6. The minimum Gasteiger partial charge on any atom is -0.481 e.